The van der Waals surface area contributed by atoms with E-state index in [1.807, 2.05) is 11.8 Å². The van der Waals surface area contributed by atoms with Crippen LogP contribution in [-0.2, 0) is 0 Å². The fraction of sp³-hybridized carbons (Fsp3) is 0.571. The number of nitro benzene ring substituents is 1. The zero-order chi connectivity index (χ0) is 14.5. The van der Waals surface area contributed by atoms with Crippen molar-refractivity contribution >= 4 is 23.1 Å². The number of nitrogens with one attached hydrogen (secondary N) is 1. The Balaban J connectivity index is 2.07. The zero-order valence-electron chi connectivity index (χ0n) is 11.8. The predicted molar refractivity (Wildman–Crippen MR) is 82.8 cm³/mol. The molecule has 0 saturated heterocycles. The topological polar surface area (TPSA) is 64.4 Å². The van der Waals surface area contributed by atoms with E-state index in [9.17, 15) is 10.1 Å². The van der Waals surface area contributed by atoms with E-state index in [4.69, 9.17) is 4.74 Å². The van der Waals surface area contributed by atoms with E-state index in [0.717, 1.165) is 18.5 Å². The third kappa shape index (κ3) is 3.56. The van der Waals surface area contributed by atoms with Gasteiger partial charge in [-0.15, -0.1) is 0 Å². The number of rotatable bonds is 5. The first-order valence-electron chi connectivity index (χ1n) is 6.75. The molecular weight excluding hydrogens is 276 g/mol. The predicted octanol–water partition coefficient (Wildman–Crippen LogP) is 3.69. The lowest BCUT2D eigenvalue weighted by atomic mass is 9.94. The molecule has 20 heavy (non-hydrogen) atoms. The molecule has 0 amide bonds. The molecule has 1 fully saturated rings. The van der Waals surface area contributed by atoms with Crippen molar-refractivity contribution in [3.05, 3.63) is 28.3 Å². The van der Waals surface area contributed by atoms with Crippen LogP contribution in [0.15, 0.2) is 18.2 Å². The van der Waals surface area contributed by atoms with E-state index in [-0.39, 0.29) is 5.69 Å². The second-order valence-corrected chi connectivity index (χ2v) is 6.15. The fourth-order valence-corrected chi connectivity index (χ4v) is 3.47. The van der Waals surface area contributed by atoms with Crippen LogP contribution in [-0.4, -0.2) is 29.6 Å². The summed E-state index contributed by atoms with van der Waals surface area (Å²) < 4.78 is 5.09. The molecular formula is C14H20N2O3S. The number of nitro groups is 1. The lowest BCUT2D eigenvalue weighted by molar-refractivity contribution is -0.385. The molecule has 0 aliphatic heterocycles. The van der Waals surface area contributed by atoms with E-state index in [2.05, 4.69) is 11.6 Å². The Labute approximate surface area is 123 Å². The van der Waals surface area contributed by atoms with Crippen molar-refractivity contribution in [3.63, 3.8) is 0 Å². The molecule has 6 heteroatoms. The Morgan fingerprint density at radius 3 is 2.90 bits per heavy atom. The van der Waals surface area contributed by atoms with Gasteiger partial charge in [0.25, 0.3) is 0 Å². The number of ether oxygens (including phenoxy) is 1. The van der Waals surface area contributed by atoms with Crippen LogP contribution in [0.4, 0.5) is 11.4 Å². The van der Waals surface area contributed by atoms with E-state index in [0.29, 0.717) is 17.0 Å². The van der Waals surface area contributed by atoms with Gasteiger partial charge >= 0.3 is 5.69 Å². The van der Waals surface area contributed by atoms with Crippen LogP contribution in [0.25, 0.3) is 0 Å². The minimum absolute atomic E-state index is 0.00341. The monoisotopic (exact) mass is 296 g/mol. The van der Waals surface area contributed by atoms with Gasteiger partial charge in [-0.2, -0.15) is 11.8 Å². The van der Waals surface area contributed by atoms with E-state index >= 15 is 0 Å². The van der Waals surface area contributed by atoms with Gasteiger partial charge in [0.15, 0.2) is 5.75 Å². The molecule has 2 unspecified atom stereocenters. The third-order valence-electron chi connectivity index (χ3n) is 3.71. The van der Waals surface area contributed by atoms with Gasteiger partial charge in [-0.25, -0.2) is 0 Å². The minimum atomic E-state index is -0.424. The Bertz CT molecular complexity index is 481. The van der Waals surface area contributed by atoms with Gasteiger partial charge < -0.3 is 10.1 Å². The highest BCUT2D eigenvalue weighted by atomic mass is 32.2. The molecule has 0 spiro atoms. The second-order valence-electron chi connectivity index (χ2n) is 5.01. The molecule has 1 aromatic carbocycles. The number of methoxy groups -OCH3 is 1. The standard InChI is InChI=1S/C14H20N2O3S/c1-19-14-9-11(6-7-13(14)16(17)18)15-10-4-3-5-12(8-10)20-2/h6-7,9-10,12,15H,3-5,8H2,1-2H3. The quantitative estimate of drug-likeness (QED) is 0.663. The number of hydrogen-bond donors (Lipinski definition) is 1. The first-order valence-corrected chi connectivity index (χ1v) is 8.04. The lowest BCUT2D eigenvalue weighted by Crippen LogP contribution is -2.28. The van der Waals surface area contributed by atoms with Crippen molar-refractivity contribution in [1.82, 2.24) is 0 Å². The van der Waals surface area contributed by atoms with Gasteiger partial charge in [-0.05, 0) is 31.6 Å². The molecule has 0 heterocycles. The van der Waals surface area contributed by atoms with Gasteiger partial charge in [0.2, 0.25) is 0 Å². The highest BCUT2D eigenvalue weighted by Crippen LogP contribution is 2.32. The van der Waals surface area contributed by atoms with Crippen LogP contribution < -0.4 is 10.1 Å². The maximum Gasteiger partial charge on any atom is 0.311 e. The number of anilines is 1. The smallest absolute Gasteiger partial charge is 0.311 e. The molecule has 1 aliphatic carbocycles. The Morgan fingerprint density at radius 2 is 2.25 bits per heavy atom. The van der Waals surface area contributed by atoms with Crippen LogP contribution in [0.2, 0.25) is 0 Å². The summed E-state index contributed by atoms with van der Waals surface area (Å²) in [7, 11) is 1.45. The summed E-state index contributed by atoms with van der Waals surface area (Å²) in [6.07, 6.45) is 6.95. The van der Waals surface area contributed by atoms with Crippen molar-refractivity contribution in [1.29, 1.82) is 0 Å². The minimum Gasteiger partial charge on any atom is -0.490 e. The SMILES string of the molecule is COc1cc(NC2CCCC(SC)C2)ccc1[N+](=O)[O-]. The summed E-state index contributed by atoms with van der Waals surface area (Å²) in [6, 6.07) is 5.40. The molecule has 0 bridgehead atoms. The summed E-state index contributed by atoms with van der Waals surface area (Å²) in [6.45, 7) is 0. The van der Waals surface area contributed by atoms with Gasteiger partial charge in [0.1, 0.15) is 0 Å². The fourth-order valence-electron chi connectivity index (χ4n) is 2.64. The second kappa shape index (κ2) is 6.83. The molecule has 1 aliphatic rings. The summed E-state index contributed by atoms with van der Waals surface area (Å²) >= 11 is 1.92. The Morgan fingerprint density at radius 1 is 1.45 bits per heavy atom. The van der Waals surface area contributed by atoms with E-state index in [1.165, 1.54) is 26.0 Å². The summed E-state index contributed by atoms with van der Waals surface area (Å²) in [4.78, 5) is 10.4. The molecule has 1 aromatic rings. The lowest BCUT2D eigenvalue weighted by Gasteiger charge is -2.29. The maximum absolute atomic E-state index is 10.9. The molecule has 1 saturated carbocycles. The molecule has 110 valence electrons. The molecule has 5 nitrogen and oxygen atoms in total. The summed E-state index contributed by atoms with van der Waals surface area (Å²) in [5, 5.41) is 15.0. The molecule has 2 atom stereocenters. The highest BCUT2D eigenvalue weighted by molar-refractivity contribution is 7.99. The van der Waals surface area contributed by atoms with Crippen molar-refractivity contribution in [2.24, 2.45) is 0 Å². The highest BCUT2D eigenvalue weighted by Gasteiger charge is 2.22. The maximum atomic E-state index is 10.9. The molecule has 0 aromatic heterocycles. The van der Waals surface area contributed by atoms with Crippen LogP contribution in [0.3, 0.4) is 0 Å². The van der Waals surface area contributed by atoms with Gasteiger partial charge in [-0.1, -0.05) is 6.42 Å². The van der Waals surface area contributed by atoms with Crippen molar-refractivity contribution in [2.75, 3.05) is 18.7 Å². The van der Waals surface area contributed by atoms with Crippen LogP contribution >= 0.6 is 11.8 Å². The van der Waals surface area contributed by atoms with Crippen LogP contribution in [0.1, 0.15) is 25.7 Å². The Hall–Kier alpha value is -1.43. The average Bonchev–Trinajstić information content (AvgIpc) is 2.47. The zero-order valence-corrected chi connectivity index (χ0v) is 12.6. The normalized spacial score (nSPS) is 22.3. The van der Waals surface area contributed by atoms with Crippen LogP contribution in [0, 0.1) is 10.1 Å². The number of benzene rings is 1. The number of nitrogens with zero attached hydrogens (tertiary/aromatic N) is 1. The summed E-state index contributed by atoms with van der Waals surface area (Å²) in [5.41, 5.74) is 0.892. The van der Waals surface area contributed by atoms with Crippen LogP contribution in [0.5, 0.6) is 5.75 Å². The van der Waals surface area contributed by atoms with Gasteiger partial charge in [0, 0.05) is 29.1 Å². The van der Waals surface area contributed by atoms with Crippen molar-refractivity contribution in [2.45, 2.75) is 37.0 Å². The van der Waals surface area contributed by atoms with E-state index < -0.39 is 4.92 Å². The number of hydrogen-bond acceptors (Lipinski definition) is 5. The molecule has 1 N–H and O–H groups in total. The van der Waals surface area contributed by atoms with Gasteiger partial charge in [0.05, 0.1) is 12.0 Å². The molecule has 0 radical (unpaired) electrons. The largest absolute Gasteiger partial charge is 0.490 e. The number of thioether (sulfide) groups is 1. The third-order valence-corrected chi connectivity index (χ3v) is 4.80. The molecule has 2 rings (SSSR count). The van der Waals surface area contributed by atoms with Gasteiger partial charge in [-0.3, -0.25) is 10.1 Å². The van der Waals surface area contributed by atoms with Crippen molar-refractivity contribution in [3.8, 4) is 5.75 Å². The first kappa shape index (κ1) is 15.0. The Kier molecular flexibility index (Phi) is 5.11. The van der Waals surface area contributed by atoms with Crippen molar-refractivity contribution < 1.29 is 9.66 Å². The van der Waals surface area contributed by atoms with E-state index in [1.54, 1.807) is 12.1 Å². The average molecular weight is 296 g/mol. The summed E-state index contributed by atoms with van der Waals surface area (Å²) in [5.74, 6) is 0.303. The first-order chi connectivity index (χ1) is 9.63.